The summed E-state index contributed by atoms with van der Waals surface area (Å²) >= 11 is 0. The first-order valence-electron chi connectivity index (χ1n) is 8.19. The number of halogens is 1. The van der Waals surface area contributed by atoms with Gasteiger partial charge in [-0.2, -0.15) is 16.8 Å². The van der Waals surface area contributed by atoms with Gasteiger partial charge in [-0.25, -0.2) is 13.4 Å². The van der Waals surface area contributed by atoms with E-state index in [-0.39, 0.29) is 17.7 Å². The maximum absolute atomic E-state index is 14.7. The number of carbonyl (C=O) groups excluding carboxylic acids is 1. The summed E-state index contributed by atoms with van der Waals surface area (Å²) in [6.07, 6.45) is 0.893. The van der Waals surface area contributed by atoms with Crippen molar-refractivity contribution in [3.05, 3.63) is 52.8 Å². The normalized spacial score (nSPS) is 16.0. The zero-order chi connectivity index (χ0) is 21.6. The number of rotatable bonds is 5. The fourth-order valence-corrected chi connectivity index (χ4v) is 4.60. The molecule has 156 valence electrons. The largest absolute Gasteiger partial charge is 0.506 e. The summed E-state index contributed by atoms with van der Waals surface area (Å²) in [5.74, 6) is -2.54. The van der Waals surface area contributed by atoms with E-state index >= 15 is 0 Å². The van der Waals surface area contributed by atoms with Crippen molar-refractivity contribution in [2.45, 2.75) is 13.3 Å². The minimum absolute atomic E-state index is 0.00121. The number of nitrogens with zero attached hydrogens (tertiary/aromatic N) is 1. The highest BCUT2D eigenvalue weighted by atomic mass is 32.2. The second-order valence-electron chi connectivity index (χ2n) is 6.56. The van der Waals surface area contributed by atoms with Crippen LogP contribution >= 0.6 is 0 Å². The third-order valence-electron chi connectivity index (χ3n) is 4.02. The van der Waals surface area contributed by atoms with Gasteiger partial charge in [0.1, 0.15) is 23.7 Å². The lowest BCUT2D eigenvalue weighted by Gasteiger charge is -2.18. The average molecular weight is 444 g/mol. The highest BCUT2D eigenvalue weighted by molar-refractivity contribution is 7.92. The molecular weight excluding hydrogens is 427 g/mol. The van der Waals surface area contributed by atoms with Crippen LogP contribution in [0.3, 0.4) is 0 Å². The zero-order valence-electron chi connectivity index (χ0n) is 15.3. The molecule has 1 saturated heterocycles. The lowest BCUT2D eigenvalue weighted by atomic mass is 10.0. The molecule has 2 N–H and O–H groups in total. The van der Waals surface area contributed by atoms with Crippen LogP contribution in [0.1, 0.15) is 16.7 Å². The highest BCUT2D eigenvalue weighted by Gasteiger charge is 2.37. The minimum Gasteiger partial charge on any atom is -0.506 e. The van der Waals surface area contributed by atoms with Crippen LogP contribution in [0, 0.1) is 12.7 Å². The molecule has 12 heteroatoms. The lowest BCUT2D eigenvalue weighted by molar-refractivity contribution is -0.117. The third kappa shape index (κ3) is 4.59. The van der Waals surface area contributed by atoms with Gasteiger partial charge in [-0.3, -0.25) is 4.79 Å². The molecular formula is C17H17FN2O7S2. The van der Waals surface area contributed by atoms with E-state index in [1.807, 2.05) is 0 Å². The summed E-state index contributed by atoms with van der Waals surface area (Å²) in [5.41, 5.74) is 0.815. The number of anilines is 1. The lowest BCUT2D eigenvalue weighted by Crippen LogP contribution is -2.30. The molecule has 1 fully saturated rings. The molecule has 0 bridgehead atoms. The zero-order valence-corrected chi connectivity index (χ0v) is 17.0. The molecule has 2 aromatic carbocycles. The maximum Gasteiger partial charge on any atom is 0.326 e. The summed E-state index contributed by atoms with van der Waals surface area (Å²) in [5, 5.41) is 10.2. The van der Waals surface area contributed by atoms with Crippen molar-refractivity contribution in [3.63, 3.8) is 0 Å². The Labute approximate surface area is 167 Å². The van der Waals surface area contributed by atoms with E-state index in [4.69, 9.17) is 4.18 Å². The Morgan fingerprint density at radius 1 is 1.28 bits per heavy atom. The van der Waals surface area contributed by atoms with E-state index in [1.54, 1.807) is 23.8 Å². The SMILES string of the molecule is Cc1ccc(OS(C)(=O)=O)c(Cc2cc(O)c(N3CC(=O)NS3(=O)=O)c(F)c2)c1. The summed E-state index contributed by atoms with van der Waals surface area (Å²) in [4.78, 5) is 11.4. The molecule has 0 saturated carbocycles. The van der Waals surface area contributed by atoms with Crippen LogP contribution in [-0.2, 0) is 31.5 Å². The van der Waals surface area contributed by atoms with Gasteiger partial charge in [0.2, 0.25) is 0 Å². The Kier molecular flexibility index (Phi) is 5.17. The van der Waals surface area contributed by atoms with E-state index in [0.717, 1.165) is 24.0 Å². The number of benzene rings is 2. The van der Waals surface area contributed by atoms with Gasteiger partial charge in [0.25, 0.3) is 5.91 Å². The van der Waals surface area contributed by atoms with Crippen molar-refractivity contribution in [2.75, 3.05) is 17.1 Å². The Morgan fingerprint density at radius 3 is 2.52 bits per heavy atom. The van der Waals surface area contributed by atoms with Crippen molar-refractivity contribution < 1.29 is 35.3 Å². The van der Waals surface area contributed by atoms with Gasteiger partial charge in [0.15, 0.2) is 5.82 Å². The number of hydrogen-bond acceptors (Lipinski definition) is 7. The molecule has 1 amide bonds. The molecule has 3 rings (SSSR count). The van der Waals surface area contributed by atoms with E-state index in [2.05, 4.69) is 0 Å². The standard InChI is InChI=1S/C17H17FN2O7S2/c1-10-3-4-15(27-28(2,23)24)12(5-10)6-11-7-13(18)17(14(21)8-11)20-9-16(22)19-29(20,25)26/h3-5,7-8,21H,6,9H2,1-2H3,(H,19,22). The van der Waals surface area contributed by atoms with E-state index in [9.17, 15) is 31.1 Å². The molecule has 1 heterocycles. The molecule has 29 heavy (non-hydrogen) atoms. The van der Waals surface area contributed by atoms with Crippen molar-refractivity contribution >= 4 is 31.9 Å². The quantitative estimate of drug-likeness (QED) is 0.657. The van der Waals surface area contributed by atoms with E-state index in [0.29, 0.717) is 9.87 Å². The minimum atomic E-state index is -4.29. The molecule has 1 aliphatic rings. The molecule has 0 radical (unpaired) electrons. The van der Waals surface area contributed by atoms with Gasteiger partial charge in [0, 0.05) is 12.0 Å². The fraction of sp³-hybridized carbons (Fsp3) is 0.235. The number of hydrogen-bond donors (Lipinski definition) is 2. The Hall–Kier alpha value is -2.86. The summed E-state index contributed by atoms with van der Waals surface area (Å²) in [6.45, 7) is 1.12. The van der Waals surface area contributed by atoms with Crippen LogP contribution in [0.5, 0.6) is 11.5 Å². The second-order valence-corrected chi connectivity index (χ2v) is 9.73. The first kappa shape index (κ1) is 20.9. The van der Waals surface area contributed by atoms with Gasteiger partial charge >= 0.3 is 20.3 Å². The van der Waals surface area contributed by atoms with Crippen LogP contribution in [0.2, 0.25) is 0 Å². The summed E-state index contributed by atoms with van der Waals surface area (Å²) < 4.78 is 68.5. The Balaban J connectivity index is 1.99. The van der Waals surface area contributed by atoms with Crippen LogP contribution in [0.25, 0.3) is 0 Å². The molecule has 0 aromatic heterocycles. The molecule has 0 spiro atoms. The summed E-state index contributed by atoms with van der Waals surface area (Å²) in [7, 11) is -8.08. The molecule has 2 aromatic rings. The second kappa shape index (κ2) is 7.19. The number of phenols is 1. The number of phenolic OH excluding ortho intramolecular Hbond substituents is 1. The van der Waals surface area contributed by atoms with Crippen molar-refractivity contribution in [3.8, 4) is 11.5 Å². The van der Waals surface area contributed by atoms with Crippen molar-refractivity contribution in [1.29, 1.82) is 0 Å². The average Bonchev–Trinajstić information content (AvgIpc) is 2.81. The summed E-state index contributed by atoms with van der Waals surface area (Å²) in [6, 6.07) is 6.90. The number of amides is 1. The van der Waals surface area contributed by atoms with Gasteiger partial charge in [-0.15, -0.1) is 0 Å². The van der Waals surface area contributed by atoms with Crippen LogP contribution in [0.4, 0.5) is 10.1 Å². The highest BCUT2D eigenvalue weighted by Crippen LogP contribution is 2.35. The van der Waals surface area contributed by atoms with Crippen LogP contribution in [-0.4, -0.2) is 40.6 Å². The Morgan fingerprint density at radius 2 is 1.97 bits per heavy atom. The smallest absolute Gasteiger partial charge is 0.326 e. The van der Waals surface area contributed by atoms with Crippen molar-refractivity contribution in [2.24, 2.45) is 0 Å². The number of aryl methyl sites for hydroxylation is 1. The predicted octanol–water partition coefficient (Wildman–Crippen LogP) is 0.950. The Bertz CT molecular complexity index is 1190. The molecule has 0 aliphatic carbocycles. The molecule has 0 atom stereocenters. The van der Waals surface area contributed by atoms with Crippen LogP contribution < -0.4 is 13.2 Å². The van der Waals surface area contributed by atoms with E-state index in [1.165, 1.54) is 6.07 Å². The maximum atomic E-state index is 14.7. The number of aromatic hydroxyl groups is 1. The number of carbonyl (C=O) groups is 1. The molecule has 1 aliphatic heterocycles. The monoisotopic (exact) mass is 444 g/mol. The van der Waals surface area contributed by atoms with Gasteiger partial charge < -0.3 is 9.29 Å². The van der Waals surface area contributed by atoms with Gasteiger partial charge in [-0.05, 0) is 30.7 Å². The first-order valence-corrected chi connectivity index (χ1v) is 11.4. The van der Waals surface area contributed by atoms with Crippen molar-refractivity contribution in [1.82, 2.24) is 4.72 Å². The van der Waals surface area contributed by atoms with Crippen LogP contribution in [0.15, 0.2) is 30.3 Å². The molecule has 0 unspecified atom stereocenters. The molecule has 9 nitrogen and oxygen atoms in total. The first-order chi connectivity index (χ1) is 13.4. The van der Waals surface area contributed by atoms with E-state index < -0.39 is 50.0 Å². The predicted molar refractivity (Wildman–Crippen MR) is 102 cm³/mol. The van der Waals surface area contributed by atoms with Gasteiger partial charge in [0.05, 0.1) is 6.26 Å². The fourth-order valence-electron chi connectivity index (χ4n) is 2.94. The topological polar surface area (TPSA) is 130 Å². The van der Waals surface area contributed by atoms with Gasteiger partial charge in [-0.1, -0.05) is 17.7 Å². The number of nitrogens with one attached hydrogen (secondary N) is 1. The third-order valence-corrected chi connectivity index (χ3v) is 5.88.